The number of nitrogen functional groups attached to an aromatic ring is 1. The molecule has 20 nitrogen and oxygen atoms in total. The number of aliphatic hydroxyl groups is 2. The van der Waals surface area contributed by atoms with E-state index in [1.807, 2.05) is 5.09 Å². The summed E-state index contributed by atoms with van der Waals surface area (Å²) in [4.78, 5) is 51.5. The third-order valence-electron chi connectivity index (χ3n) is 4.63. The number of nitrogens with one attached hydrogen (secondary N) is 2. The van der Waals surface area contributed by atoms with E-state index < -0.39 is 60.4 Å². The Labute approximate surface area is 207 Å². The molecular formula is C14H24N7O13P3. The maximum Gasteiger partial charge on any atom is 0.489 e. The summed E-state index contributed by atoms with van der Waals surface area (Å²) in [6.07, 6.45) is -3.69. The SMILES string of the molecule is CC(=O)NCCNP(=O)(O)OP(=O)(O)OP(=O)(O)OC[C@H]1OC(n2cnc3c(N)ncnc32)[C@H](O)[C@@H]1O. The molecule has 0 bridgehead atoms. The molecule has 0 aliphatic carbocycles. The van der Waals surface area contributed by atoms with Gasteiger partial charge in [0.1, 0.15) is 30.2 Å². The number of fused-ring (bicyclic) bond motifs is 1. The average molecular weight is 591 g/mol. The van der Waals surface area contributed by atoms with Crippen LogP contribution in [0.1, 0.15) is 13.2 Å². The number of aromatic nitrogens is 4. The van der Waals surface area contributed by atoms with Crippen LogP contribution in [0.2, 0.25) is 0 Å². The highest BCUT2D eigenvalue weighted by Crippen LogP contribution is 2.66. The van der Waals surface area contributed by atoms with E-state index in [4.69, 9.17) is 10.5 Å². The van der Waals surface area contributed by atoms with E-state index in [0.717, 1.165) is 6.33 Å². The van der Waals surface area contributed by atoms with Crippen LogP contribution in [0.5, 0.6) is 0 Å². The lowest BCUT2D eigenvalue weighted by atomic mass is 10.1. The van der Waals surface area contributed by atoms with Crippen LogP contribution in [0.4, 0.5) is 5.82 Å². The molecule has 9 N–H and O–H groups in total. The molecule has 0 radical (unpaired) electrons. The van der Waals surface area contributed by atoms with Crippen LogP contribution in [-0.2, 0) is 36.4 Å². The van der Waals surface area contributed by atoms with E-state index in [9.17, 15) is 43.4 Å². The summed E-state index contributed by atoms with van der Waals surface area (Å²) in [5.41, 5.74) is 6.04. The zero-order chi connectivity index (χ0) is 27.6. The third-order valence-corrected chi connectivity index (χ3v) is 9.09. The minimum absolute atomic E-state index is 0.0426. The molecule has 23 heteroatoms. The number of rotatable bonds is 12. The lowest BCUT2D eigenvalue weighted by molar-refractivity contribution is -0.118. The van der Waals surface area contributed by atoms with Crippen LogP contribution in [-0.4, -0.2) is 88.3 Å². The smallest absolute Gasteiger partial charge is 0.387 e. The predicted molar refractivity (Wildman–Crippen MR) is 120 cm³/mol. The van der Waals surface area contributed by atoms with Crippen molar-refractivity contribution in [1.29, 1.82) is 0 Å². The summed E-state index contributed by atoms with van der Waals surface area (Å²) in [7, 11) is -16.2. The number of ether oxygens (including phenoxy) is 1. The number of carbonyl (C=O) groups excluding carboxylic acids is 1. The Morgan fingerprint density at radius 3 is 2.49 bits per heavy atom. The number of anilines is 1. The lowest BCUT2D eigenvalue weighted by Gasteiger charge is -2.20. The van der Waals surface area contributed by atoms with Gasteiger partial charge in [-0.05, 0) is 0 Å². The zero-order valence-electron chi connectivity index (χ0n) is 18.8. The standard InChI is InChI=1S/C14H24N7O13P3/c1-7(22)16-2-3-20-35(25,26)33-37(29,30)34-36(27,28)31-4-8-10(23)11(24)14(32-8)21-6-19-9-12(15)17-5-18-13(9)21/h5-6,8,10-11,14,23-24H,2-4H2,1H3,(H,16,22)(H,27,28)(H,29,30)(H2,15,17,18)(H2,20,25,26)/t8-,10-,11-,14?/m1/s1. The van der Waals surface area contributed by atoms with Gasteiger partial charge in [0.05, 0.1) is 12.9 Å². The number of hydrogen-bond donors (Lipinski definition) is 8. The number of phosphoric acid groups is 2. The van der Waals surface area contributed by atoms with Crippen molar-refractivity contribution in [2.24, 2.45) is 0 Å². The second-order valence-electron chi connectivity index (χ2n) is 7.44. The van der Waals surface area contributed by atoms with Crippen LogP contribution >= 0.6 is 23.4 Å². The van der Waals surface area contributed by atoms with E-state index in [-0.39, 0.29) is 30.1 Å². The first-order valence-electron chi connectivity index (χ1n) is 10.1. The molecule has 2 aromatic rings. The van der Waals surface area contributed by atoms with Crippen LogP contribution in [0.25, 0.3) is 11.2 Å². The second-order valence-corrected chi connectivity index (χ2v) is 12.2. The summed E-state index contributed by atoms with van der Waals surface area (Å²) in [6.45, 7) is -0.276. The highest BCUT2D eigenvalue weighted by molar-refractivity contribution is 7.67. The Kier molecular flexibility index (Phi) is 9.19. The van der Waals surface area contributed by atoms with E-state index >= 15 is 0 Å². The minimum atomic E-state index is -5.67. The predicted octanol–water partition coefficient (Wildman–Crippen LogP) is -1.90. The van der Waals surface area contributed by atoms with Gasteiger partial charge in [-0.3, -0.25) is 13.9 Å². The summed E-state index contributed by atoms with van der Waals surface area (Å²) in [5.74, 6) is -0.404. The summed E-state index contributed by atoms with van der Waals surface area (Å²) >= 11 is 0. The molecule has 1 aliphatic heterocycles. The normalized spacial score (nSPS) is 26.9. The summed E-state index contributed by atoms with van der Waals surface area (Å²) in [5, 5.41) is 24.8. The van der Waals surface area contributed by atoms with Crippen molar-refractivity contribution in [2.75, 3.05) is 25.4 Å². The van der Waals surface area contributed by atoms with Gasteiger partial charge in [0.15, 0.2) is 17.7 Å². The molecule has 3 heterocycles. The Balaban J connectivity index is 1.58. The Hall–Kier alpha value is -1.89. The fraction of sp³-hybridized carbons (Fsp3) is 0.571. The largest absolute Gasteiger partial charge is 0.489 e. The van der Waals surface area contributed by atoms with Gasteiger partial charge < -0.3 is 40.7 Å². The van der Waals surface area contributed by atoms with Crippen molar-refractivity contribution in [1.82, 2.24) is 29.9 Å². The van der Waals surface area contributed by atoms with E-state index in [1.54, 1.807) is 0 Å². The Morgan fingerprint density at radius 1 is 1.11 bits per heavy atom. The van der Waals surface area contributed by atoms with Gasteiger partial charge in [-0.25, -0.2) is 33.7 Å². The van der Waals surface area contributed by atoms with Crippen LogP contribution < -0.4 is 16.1 Å². The van der Waals surface area contributed by atoms with Crippen LogP contribution in [0.15, 0.2) is 12.7 Å². The van der Waals surface area contributed by atoms with Crippen molar-refractivity contribution in [3.05, 3.63) is 12.7 Å². The molecule has 3 rings (SSSR count). The topological polar surface area (TPSA) is 300 Å². The van der Waals surface area contributed by atoms with E-state index in [0.29, 0.717) is 0 Å². The van der Waals surface area contributed by atoms with Gasteiger partial charge in [0, 0.05) is 20.0 Å². The molecule has 7 atom stereocenters. The maximum absolute atomic E-state index is 12.1. The van der Waals surface area contributed by atoms with Gasteiger partial charge in [0.2, 0.25) is 5.91 Å². The lowest BCUT2D eigenvalue weighted by Crippen LogP contribution is -2.33. The highest BCUT2D eigenvalue weighted by Gasteiger charge is 2.47. The molecule has 4 unspecified atom stereocenters. The monoisotopic (exact) mass is 591 g/mol. The molecule has 1 saturated heterocycles. The van der Waals surface area contributed by atoms with Gasteiger partial charge in [0.25, 0.3) is 0 Å². The molecular weight excluding hydrogens is 567 g/mol. The number of amides is 1. The Bertz CT molecular complexity index is 1280. The molecule has 1 amide bonds. The van der Waals surface area contributed by atoms with Crippen molar-refractivity contribution < 1.29 is 61.3 Å². The number of imidazole rings is 1. The molecule has 1 fully saturated rings. The van der Waals surface area contributed by atoms with Crippen LogP contribution in [0, 0.1) is 0 Å². The third kappa shape index (κ3) is 7.81. The number of hydrogen-bond acceptors (Lipinski definition) is 14. The molecule has 37 heavy (non-hydrogen) atoms. The second kappa shape index (κ2) is 11.5. The van der Waals surface area contributed by atoms with Crippen molar-refractivity contribution in [2.45, 2.75) is 31.5 Å². The molecule has 1 aliphatic rings. The van der Waals surface area contributed by atoms with Crippen molar-refractivity contribution >= 4 is 46.3 Å². The molecule has 0 saturated carbocycles. The maximum atomic E-state index is 12.1. The number of carbonyl (C=O) groups is 1. The molecule has 0 spiro atoms. The Morgan fingerprint density at radius 2 is 1.81 bits per heavy atom. The average Bonchev–Trinajstić information content (AvgIpc) is 3.30. The summed E-state index contributed by atoms with van der Waals surface area (Å²) in [6, 6.07) is 0. The number of nitrogens with zero attached hydrogens (tertiary/aromatic N) is 4. The quantitative estimate of drug-likeness (QED) is 0.0987. The zero-order valence-corrected chi connectivity index (χ0v) is 21.5. The van der Waals surface area contributed by atoms with E-state index in [2.05, 4.69) is 33.4 Å². The first-order chi connectivity index (χ1) is 17.1. The first kappa shape index (κ1) is 29.7. The molecule has 2 aromatic heterocycles. The number of phosphoric ester groups is 1. The first-order valence-corrected chi connectivity index (χ1v) is 14.7. The van der Waals surface area contributed by atoms with E-state index in [1.165, 1.54) is 17.8 Å². The molecule has 208 valence electrons. The number of aliphatic hydroxyl groups excluding tert-OH is 2. The van der Waals surface area contributed by atoms with Gasteiger partial charge in [-0.2, -0.15) is 8.62 Å². The van der Waals surface area contributed by atoms with Gasteiger partial charge >= 0.3 is 23.4 Å². The van der Waals surface area contributed by atoms with Crippen LogP contribution in [0.3, 0.4) is 0 Å². The fourth-order valence-electron chi connectivity index (χ4n) is 3.09. The summed E-state index contributed by atoms with van der Waals surface area (Å²) < 4.78 is 55.2. The van der Waals surface area contributed by atoms with Crippen molar-refractivity contribution in [3.8, 4) is 0 Å². The highest BCUT2D eigenvalue weighted by atomic mass is 31.3. The van der Waals surface area contributed by atoms with Gasteiger partial charge in [-0.1, -0.05) is 0 Å². The number of nitrogens with two attached hydrogens (primary N) is 1. The molecule has 0 aromatic carbocycles. The minimum Gasteiger partial charge on any atom is -0.387 e. The fourth-order valence-corrected chi connectivity index (χ4v) is 6.79. The van der Waals surface area contributed by atoms with Crippen molar-refractivity contribution in [3.63, 3.8) is 0 Å². The van der Waals surface area contributed by atoms with Gasteiger partial charge in [-0.15, -0.1) is 0 Å².